The van der Waals surface area contributed by atoms with E-state index in [1.807, 2.05) is 13.0 Å². The molecule has 4 rings (SSSR count). The van der Waals surface area contributed by atoms with Gasteiger partial charge in [-0.3, -0.25) is 0 Å². The van der Waals surface area contributed by atoms with Crippen LogP contribution in [0.3, 0.4) is 0 Å². The molecule has 0 atom stereocenters. The summed E-state index contributed by atoms with van der Waals surface area (Å²) in [5, 5.41) is 6.57. The highest BCUT2D eigenvalue weighted by atomic mass is 19.1. The van der Waals surface area contributed by atoms with Crippen LogP contribution in [0, 0.1) is 12.7 Å². The molecule has 0 radical (unpaired) electrons. The second-order valence-corrected chi connectivity index (χ2v) is 7.42. The van der Waals surface area contributed by atoms with Crippen molar-refractivity contribution in [1.82, 2.24) is 9.97 Å². The van der Waals surface area contributed by atoms with Gasteiger partial charge in [-0.1, -0.05) is 12.1 Å². The molecule has 29 heavy (non-hydrogen) atoms. The number of rotatable bonds is 6. The fourth-order valence-electron chi connectivity index (χ4n) is 3.55. The van der Waals surface area contributed by atoms with E-state index >= 15 is 0 Å². The molecule has 2 heterocycles. The summed E-state index contributed by atoms with van der Waals surface area (Å²) < 4.78 is 13.0. The molecule has 0 saturated carbocycles. The van der Waals surface area contributed by atoms with Crippen LogP contribution in [0.4, 0.5) is 27.5 Å². The van der Waals surface area contributed by atoms with Gasteiger partial charge in [-0.15, -0.1) is 0 Å². The predicted molar refractivity (Wildman–Crippen MR) is 116 cm³/mol. The Morgan fingerprint density at radius 2 is 1.66 bits per heavy atom. The maximum absolute atomic E-state index is 13.0. The molecule has 1 aliphatic rings. The fourth-order valence-corrected chi connectivity index (χ4v) is 3.55. The Bertz CT molecular complexity index is 934. The van der Waals surface area contributed by atoms with Gasteiger partial charge in [0.05, 0.1) is 0 Å². The average molecular weight is 391 g/mol. The minimum Gasteiger partial charge on any atom is -0.372 e. The molecule has 0 aliphatic carbocycles. The van der Waals surface area contributed by atoms with Crippen molar-refractivity contribution in [2.75, 3.05) is 28.6 Å². The van der Waals surface area contributed by atoms with E-state index in [1.165, 1.54) is 37.1 Å². The van der Waals surface area contributed by atoms with Gasteiger partial charge in [0.2, 0.25) is 5.95 Å². The molecular weight excluding hydrogens is 365 g/mol. The van der Waals surface area contributed by atoms with Crippen molar-refractivity contribution < 1.29 is 4.39 Å². The summed E-state index contributed by atoms with van der Waals surface area (Å²) in [6, 6.07) is 16.8. The summed E-state index contributed by atoms with van der Waals surface area (Å²) in [6.45, 7) is 4.75. The minimum atomic E-state index is -0.238. The standard InChI is InChI=1S/C23H26FN5/c1-17-15-22(28-23(26-17)25-16-18-5-7-19(24)8-6-18)27-20-9-11-21(12-10-20)29-13-3-2-4-14-29/h5-12,15H,2-4,13-14,16H2,1H3,(H2,25,26,27,28). The van der Waals surface area contributed by atoms with Gasteiger partial charge in [-0.25, -0.2) is 9.37 Å². The first-order valence-electron chi connectivity index (χ1n) is 10.1. The number of piperidine rings is 1. The van der Waals surface area contributed by atoms with Crippen LogP contribution in [0.2, 0.25) is 0 Å². The zero-order valence-electron chi connectivity index (χ0n) is 16.7. The number of halogens is 1. The summed E-state index contributed by atoms with van der Waals surface area (Å²) in [6.07, 6.45) is 3.88. The summed E-state index contributed by atoms with van der Waals surface area (Å²) in [5.74, 6) is 1.05. The average Bonchev–Trinajstić information content (AvgIpc) is 2.74. The molecule has 1 saturated heterocycles. The van der Waals surface area contributed by atoms with Crippen LogP contribution in [-0.2, 0) is 6.54 Å². The highest BCUT2D eigenvalue weighted by Crippen LogP contribution is 2.23. The first-order chi connectivity index (χ1) is 14.2. The molecular formula is C23H26FN5. The highest BCUT2D eigenvalue weighted by Gasteiger charge is 2.10. The van der Waals surface area contributed by atoms with Crippen LogP contribution in [0.15, 0.2) is 54.6 Å². The largest absolute Gasteiger partial charge is 0.372 e. The fraction of sp³-hybridized carbons (Fsp3) is 0.304. The Kier molecular flexibility index (Phi) is 5.89. The first-order valence-corrected chi connectivity index (χ1v) is 10.1. The lowest BCUT2D eigenvalue weighted by molar-refractivity contribution is 0.578. The molecule has 2 aromatic carbocycles. The van der Waals surface area contributed by atoms with E-state index in [0.717, 1.165) is 35.9 Å². The molecule has 1 fully saturated rings. The Hall–Kier alpha value is -3.15. The topological polar surface area (TPSA) is 53.1 Å². The summed E-state index contributed by atoms with van der Waals surface area (Å²) in [4.78, 5) is 11.4. The second kappa shape index (κ2) is 8.90. The number of aryl methyl sites for hydroxylation is 1. The maximum atomic E-state index is 13.0. The normalized spacial score (nSPS) is 13.9. The molecule has 150 valence electrons. The molecule has 0 spiro atoms. The van der Waals surface area contributed by atoms with E-state index < -0.39 is 0 Å². The number of benzene rings is 2. The Morgan fingerprint density at radius 1 is 0.931 bits per heavy atom. The van der Waals surface area contributed by atoms with Crippen LogP contribution in [0.25, 0.3) is 0 Å². The van der Waals surface area contributed by atoms with Gasteiger partial charge in [-0.2, -0.15) is 4.98 Å². The van der Waals surface area contributed by atoms with Gasteiger partial charge in [0, 0.05) is 42.8 Å². The third kappa shape index (κ3) is 5.22. The molecule has 1 aliphatic heterocycles. The third-order valence-electron chi connectivity index (χ3n) is 5.08. The number of nitrogens with zero attached hydrogens (tertiary/aromatic N) is 3. The molecule has 0 amide bonds. The summed E-state index contributed by atoms with van der Waals surface area (Å²) in [5.41, 5.74) is 4.11. The van der Waals surface area contributed by atoms with Gasteiger partial charge in [0.15, 0.2) is 0 Å². The SMILES string of the molecule is Cc1cc(Nc2ccc(N3CCCCC3)cc2)nc(NCc2ccc(F)cc2)n1. The monoisotopic (exact) mass is 391 g/mol. The molecule has 1 aromatic heterocycles. The second-order valence-electron chi connectivity index (χ2n) is 7.42. The van der Waals surface area contributed by atoms with Gasteiger partial charge in [-0.05, 0) is 68.1 Å². The van der Waals surface area contributed by atoms with E-state index in [-0.39, 0.29) is 5.82 Å². The Balaban J connectivity index is 1.41. The molecule has 5 nitrogen and oxygen atoms in total. The van der Waals surface area contributed by atoms with Crippen LogP contribution in [0.1, 0.15) is 30.5 Å². The van der Waals surface area contributed by atoms with E-state index in [2.05, 4.69) is 49.8 Å². The van der Waals surface area contributed by atoms with E-state index in [0.29, 0.717) is 12.5 Å². The van der Waals surface area contributed by atoms with Gasteiger partial charge in [0.1, 0.15) is 11.6 Å². The molecule has 0 unspecified atom stereocenters. The van der Waals surface area contributed by atoms with Crippen molar-refractivity contribution in [2.24, 2.45) is 0 Å². The number of hydrogen-bond donors (Lipinski definition) is 2. The van der Waals surface area contributed by atoms with Crippen molar-refractivity contribution in [2.45, 2.75) is 32.7 Å². The van der Waals surface area contributed by atoms with Crippen molar-refractivity contribution in [3.63, 3.8) is 0 Å². The zero-order chi connectivity index (χ0) is 20.1. The molecule has 0 bridgehead atoms. The van der Waals surface area contributed by atoms with Crippen molar-refractivity contribution in [3.8, 4) is 0 Å². The van der Waals surface area contributed by atoms with E-state index in [9.17, 15) is 4.39 Å². The maximum Gasteiger partial charge on any atom is 0.225 e. The Labute approximate surface area is 171 Å². The van der Waals surface area contributed by atoms with Gasteiger partial charge < -0.3 is 15.5 Å². The highest BCUT2D eigenvalue weighted by molar-refractivity contribution is 5.61. The van der Waals surface area contributed by atoms with Crippen molar-refractivity contribution in [3.05, 3.63) is 71.7 Å². The smallest absolute Gasteiger partial charge is 0.225 e. The van der Waals surface area contributed by atoms with E-state index in [4.69, 9.17) is 0 Å². The molecule has 2 N–H and O–H groups in total. The van der Waals surface area contributed by atoms with Crippen molar-refractivity contribution in [1.29, 1.82) is 0 Å². The van der Waals surface area contributed by atoms with Crippen molar-refractivity contribution >= 4 is 23.1 Å². The van der Waals surface area contributed by atoms with E-state index in [1.54, 1.807) is 12.1 Å². The lowest BCUT2D eigenvalue weighted by Crippen LogP contribution is -2.29. The van der Waals surface area contributed by atoms with Gasteiger partial charge >= 0.3 is 0 Å². The summed E-state index contributed by atoms with van der Waals surface area (Å²) >= 11 is 0. The number of hydrogen-bond acceptors (Lipinski definition) is 5. The first kappa shape index (κ1) is 19.2. The lowest BCUT2D eigenvalue weighted by Gasteiger charge is -2.28. The van der Waals surface area contributed by atoms with Crippen LogP contribution in [0.5, 0.6) is 0 Å². The summed E-state index contributed by atoms with van der Waals surface area (Å²) in [7, 11) is 0. The number of aromatic nitrogens is 2. The van der Waals surface area contributed by atoms with Gasteiger partial charge in [0.25, 0.3) is 0 Å². The molecule has 3 aromatic rings. The predicted octanol–water partition coefficient (Wildman–Crippen LogP) is 5.27. The van der Waals surface area contributed by atoms with Crippen LogP contribution in [-0.4, -0.2) is 23.1 Å². The third-order valence-corrected chi connectivity index (χ3v) is 5.08. The molecule has 6 heteroatoms. The minimum absolute atomic E-state index is 0.238. The Morgan fingerprint density at radius 3 is 2.38 bits per heavy atom. The van der Waals surface area contributed by atoms with Crippen LogP contribution >= 0.6 is 0 Å². The van der Waals surface area contributed by atoms with Crippen LogP contribution < -0.4 is 15.5 Å². The zero-order valence-corrected chi connectivity index (χ0v) is 16.7. The quantitative estimate of drug-likeness (QED) is 0.599. The number of nitrogens with one attached hydrogen (secondary N) is 2. The lowest BCUT2D eigenvalue weighted by atomic mass is 10.1. The number of anilines is 4.